The van der Waals surface area contributed by atoms with Crippen LogP contribution in [0.3, 0.4) is 0 Å². The minimum absolute atomic E-state index is 0. The van der Waals surface area contributed by atoms with Gasteiger partial charge in [-0.1, -0.05) is 69.0 Å². The number of aromatic amines is 2. The second-order valence-electron chi connectivity index (χ2n) is 20.2. The van der Waals surface area contributed by atoms with Gasteiger partial charge in [0.15, 0.2) is 12.1 Å². The van der Waals surface area contributed by atoms with Gasteiger partial charge in [0, 0.05) is 99.8 Å². The molecule has 0 aliphatic carbocycles. The number of fused-ring (bicyclic) bond motifs is 8. The second kappa shape index (κ2) is 34.2. The van der Waals surface area contributed by atoms with E-state index in [0.29, 0.717) is 40.9 Å². The topological polar surface area (TPSA) is 279 Å². The molecule has 13 rings (SSSR count). The molecule has 0 saturated carbocycles. The number of hydrogen-bond donors (Lipinski definition) is 2. The van der Waals surface area contributed by atoms with E-state index in [-0.39, 0.29) is 57.7 Å². The Bertz CT molecular complexity index is 4520. The van der Waals surface area contributed by atoms with Gasteiger partial charge in [-0.25, -0.2) is 39.3 Å². The number of benzene rings is 4. The van der Waals surface area contributed by atoms with Gasteiger partial charge in [0.1, 0.15) is 40.1 Å². The van der Waals surface area contributed by atoms with Gasteiger partial charge in [-0.05, 0) is 102 Å². The number of likely N-dealkylation sites (tertiary alicyclic amines) is 1. The van der Waals surface area contributed by atoms with Crippen molar-refractivity contribution in [2.75, 3.05) is 39.1 Å². The van der Waals surface area contributed by atoms with Crippen molar-refractivity contribution in [3.63, 3.8) is 0 Å². The summed E-state index contributed by atoms with van der Waals surface area (Å²) in [7, 11) is 7.65. The van der Waals surface area contributed by atoms with Crippen LogP contribution < -0.4 is 39.0 Å². The van der Waals surface area contributed by atoms with Crippen molar-refractivity contribution in [3.8, 4) is 56.3 Å². The van der Waals surface area contributed by atoms with E-state index in [2.05, 4.69) is 91.9 Å². The number of pyridine rings is 2. The largest absolute Gasteiger partial charge is 1.00 e. The predicted molar refractivity (Wildman–Crippen MR) is 360 cm³/mol. The fraction of sp³-hybridized carbons (Fsp3) is 0.284. The third-order valence-corrected chi connectivity index (χ3v) is 14.8. The minimum atomic E-state index is -0.639. The van der Waals surface area contributed by atoms with E-state index >= 15 is 0 Å². The van der Waals surface area contributed by atoms with Crippen LogP contribution in [0.15, 0.2) is 106 Å². The first-order valence-corrected chi connectivity index (χ1v) is 29.0. The number of aldehydes is 1. The molecular formula is C67H72BCl2N11NaO11. The number of nitrogens with zero attached hydrogens (tertiary/aromatic N) is 9. The predicted octanol–water partition coefficient (Wildman–Crippen LogP) is 11.7. The Morgan fingerprint density at radius 2 is 1.03 bits per heavy atom. The van der Waals surface area contributed by atoms with Gasteiger partial charge in [-0.15, -0.1) is 23.2 Å². The maximum absolute atomic E-state index is 11.7. The molecule has 26 heteroatoms. The van der Waals surface area contributed by atoms with Gasteiger partial charge in [0.25, 0.3) is 0 Å². The molecule has 0 amide bonds. The fourth-order valence-electron chi connectivity index (χ4n) is 10.6. The van der Waals surface area contributed by atoms with Crippen LogP contribution in [0.5, 0.6) is 11.5 Å². The van der Waals surface area contributed by atoms with E-state index in [1.165, 1.54) is 19.8 Å². The zero-order valence-electron chi connectivity index (χ0n) is 51.1. The molecule has 3 radical (unpaired) electrons. The first-order valence-electron chi connectivity index (χ1n) is 27.9. The molecule has 12 aromatic rings. The molecule has 0 spiro atoms. The van der Waals surface area contributed by atoms with E-state index in [1.54, 1.807) is 20.4 Å². The number of ether oxygens (including phenoxy) is 2. The Hall–Kier alpha value is -8.84. The summed E-state index contributed by atoms with van der Waals surface area (Å²) in [6.45, 7) is 14.1. The molecule has 0 bridgehead atoms. The Morgan fingerprint density at radius 3 is 1.42 bits per heavy atom. The van der Waals surface area contributed by atoms with Crippen molar-refractivity contribution in [3.05, 3.63) is 132 Å². The summed E-state index contributed by atoms with van der Waals surface area (Å²) in [5, 5.41) is 13.9. The number of halogens is 2. The maximum Gasteiger partial charge on any atom is 1.00 e. The summed E-state index contributed by atoms with van der Waals surface area (Å²) < 4.78 is 26.1. The molecule has 1 aliphatic rings. The number of methoxy groups -OCH3 is 2. The number of nitrogens with one attached hydrogen (secondary N) is 2. The number of aryl methyl sites for hydroxylation is 4. The minimum Gasteiger partial charge on any atom is -0.793 e. The molecular weight excluding hydrogens is 1240 g/mol. The van der Waals surface area contributed by atoms with Crippen molar-refractivity contribution < 1.29 is 81.7 Å². The van der Waals surface area contributed by atoms with Crippen molar-refractivity contribution in [2.24, 2.45) is 0 Å². The quantitative estimate of drug-likeness (QED) is 0.0423. The molecule has 479 valence electrons. The number of hydrogen-bond acceptors (Lipinski definition) is 20. The number of carbonyl (C=O) groups is 4. The molecule has 1 fully saturated rings. The van der Waals surface area contributed by atoms with Gasteiger partial charge in [0.05, 0.1) is 76.5 Å². The zero-order chi connectivity index (χ0) is 63.5. The summed E-state index contributed by atoms with van der Waals surface area (Å²) in [5.41, 5.74) is 13.7. The van der Waals surface area contributed by atoms with Crippen LogP contribution in [-0.2, 0) is 35.4 Å². The average Bonchev–Trinajstić information content (AvgIpc) is 1.63. The van der Waals surface area contributed by atoms with Crippen molar-refractivity contribution in [1.82, 2.24) is 55.1 Å². The van der Waals surface area contributed by atoms with Crippen LogP contribution >= 0.6 is 23.2 Å². The molecule has 1 aliphatic heterocycles. The standard InChI is InChI=1S/C30H28N6O2.C26H19N5O3.C4H6O4.C2H3BO2.C2H4Cl2.3CH4.Na/c1-17-27(18(2)38-35-17)22-14-24-21(15-25(22)37-3)28-29(20-10-11-31-23-9-5-4-8-19(20)23)33-26(34-30(28)32-24)16-36-12-6-7-13-36;1-13-23(14(2)34-31-13)18-10-20-17(11-21(18)33-3)24-25(29-22(12-32)30-26(24)28-20)16-8-9-27-19-7-5-4-6-15(16)19;1-3(5)7-8-4(2)6;1-2(4)5-3;3-1-2-4;;;;/h4-5,8-11,14-15H,6-7,12-13,16H2,1-3H3,(H,32,33,34);4-12H,1-3H3,(H,28,29,30);1-2H3;1H3;1-2H2;3*1H4;/q;;;-1;;;;;+1. The first-order chi connectivity index (χ1) is 43.0. The van der Waals surface area contributed by atoms with Crippen molar-refractivity contribution in [1.29, 1.82) is 0 Å². The number of H-pyrrole nitrogens is 2. The molecule has 0 atom stereocenters. The Labute approximate surface area is 571 Å². The third-order valence-electron chi connectivity index (χ3n) is 14.2. The van der Waals surface area contributed by atoms with Gasteiger partial charge < -0.3 is 41.2 Å². The molecule has 4 aromatic carbocycles. The monoisotopic (exact) mass is 1310 g/mol. The van der Waals surface area contributed by atoms with Gasteiger partial charge in [-0.2, -0.15) is 0 Å². The van der Waals surface area contributed by atoms with Crippen LogP contribution in [0.2, 0.25) is 0 Å². The number of aromatic nitrogens is 10. The summed E-state index contributed by atoms with van der Waals surface area (Å²) in [4.78, 5) is 86.3. The van der Waals surface area contributed by atoms with Crippen molar-refractivity contribution >= 4 is 121 Å². The van der Waals surface area contributed by atoms with Gasteiger partial charge in [0.2, 0.25) is 5.97 Å². The first kappa shape index (κ1) is 74.9. The SMILES string of the molecule is C.C.C.CC(=O)OOC(C)=O.COc1cc2c(cc1-c1c(C)noc1C)[nH]c1nc(C=O)nc(-c3ccnc4ccccc34)c12.COc1cc2c(cc1-c1c(C)noc1C)[nH]c1nc(CN3CCCC3)nc(-c3ccnc4ccccc34)c12.ClCCCl.[B-]OC(C)=O.[Na+]. The molecule has 22 nitrogen and oxygen atoms in total. The van der Waals surface area contributed by atoms with E-state index in [1.807, 2.05) is 94.6 Å². The molecule has 8 aromatic heterocycles. The number of para-hydroxylation sites is 2. The molecule has 2 N–H and O–H groups in total. The summed E-state index contributed by atoms with van der Waals surface area (Å²) in [6, 6.07) is 28.2. The van der Waals surface area contributed by atoms with Crippen LogP contribution in [-0.4, -0.2) is 126 Å². The van der Waals surface area contributed by atoms with Gasteiger partial charge in [-0.3, -0.25) is 24.5 Å². The fourth-order valence-corrected chi connectivity index (χ4v) is 10.6. The molecule has 1 saturated heterocycles. The Morgan fingerprint density at radius 1 is 0.602 bits per heavy atom. The van der Waals surface area contributed by atoms with Crippen LogP contribution in [0.25, 0.3) is 110 Å². The number of carbonyl (C=O) groups excluding carboxylic acids is 4. The smallest absolute Gasteiger partial charge is 0.793 e. The van der Waals surface area contributed by atoms with Crippen LogP contribution in [0, 0.1) is 27.7 Å². The van der Waals surface area contributed by atoms with E-state index in [0.717, 1.165) is 161 Å². The number of rotatable bonds is 10. The molecule has 0 unspecified atom stereocenters. The second-order valence-corrected chi connectivity index (χ2v) is 21.0. The van der Waals surface area contributed by atoms with Gasteiger partial charge >= 0.3 is 41.5 Å². The molecule has 9 heterocycles. The molecule has 93 heavy (non-hydrogen) atoms. The summed E-state index contributed by atoms with van der Waals surface area (Å²) in [6.07, 6.45) is 6.71. The average molecular weight is 1310 g/mol. The normalized spacial score (nSPS) is 11.4. The third kappa shape index (κ3) is 16.9. The maximum atomic E-state index is 11.7. The Kier molecular flexibility index (Phi) is 27.5. The Balaban J connectivity index is 0.000000262. The van der Waals surface area contributed by atoms with Crippen molar-refractivity contribution in [2.45, 2.75) is 90.1 Å². The summed E-state index contributed by atoms with van der Waals surface area (Å²) >= 11 is 10.1. The van der Waals surface area contributed by atoms with E-state index < -0.39 is 17.9 Å². The zero-order valence-corrected chi connectivity index (χ0v) is 54.6. The van der Waals surface area contributed by atoms with Crippen LogP contribution in [0.4, 0.5) is 0 Å². The number of alkyl halides is 2. The van der Waals surface area contributed by atoms with E-state index in [4.69, 9.17) is 51.7 Å². The van der Waals surface area contributed by atoms with Crippen LogP contribution in [0.1, 0.15) is 95.2 Å². The van der Waals surface area contributed by atoms with E-state index in [9.17, 15) is 19.2 Å². The summed E-state index contributed by atoms with van der Waals surface area (Å²) in [5.74, 6) is 3.18.